The van der Waals surface area contributed by atoms with Crippen LogP contribution >= 0.6 is 0 Å². The first-order valence-corrected chi connectivity index (χ1v) is 8.88. The number of nitrogens with one attached hydrogen (secondary N) is 1. The Morgan fingerprint density at radius 2 is 1.96 bits per heavy atom. The first-order valence-electron chi connectivity index (χ1n) is 8.88. The molecule has 3 amide bonds. The van der Waals surface area contributed by atoms with E-state index in [1.54, 1.807) is 6.07 Å². The number of primary amides is 1. The van der Waals surface area contributed by atoms with Crippen molar-refractivity contribution < 1.29 is 33.4 Å². The van der Waals surface area contributed by atoms with Gasteiger partial charge in [-0.05, 0) is 37.5 Å². The molecule has 3 rings (SSSR count). The van der Waals surface area contributed by atoms with Crippen LogP contribution in [-0.4, -0.2) is 61.1 Å². The first-order chi connectivity index (χ1) is 13.5. The zero-order valence-electron chi connectivity index (χ0n) is 15.1. The summed E-state index contributed by atoms with van der Waals surface area (Å²) >= 11 is 0. The summed E-state index contributed by atoms with van der Waals surface area (Å²) in [5.41, 5.74) is 5.61. The molecule has 1 atom stereocenters. The minimum Gasteiger partial charge on any atom is -0.454 e. The van der Waals surface area contributed by atoms with Gasteiger partial charge in [0.25, 0.3) is 11.8 Å². The molecule has 0 spiro atoms. The monoisotopic (exact) mass is 391 g/mol. The van der Waals surface area contributed by atoms with Crippen LogP contribution < -0.4 is 20.5 Å². The van der Waals surface area contributed by atoms with Gasteiger partial charge < -0.3 is 30.2 Å². The summed E-state index contributed by atoms with van der Waals surface area (Å²) < 4.78 is 15.3. The van der Waals surface area contributed by atoms with Gasteiger partial charge in [0.15, 0.2) is 18.1 Å². The molecule has 2 heterocycles. The van der Waals surface area contributed by atoms with Crippen LogP contribution in [0.3, 0.4) is 0 Å². The third kappa shape index (κ3) is 4.51. The van der Waals surface area contributed by atoms with Crippen LogP contribution in [0.2, 0.25) is 0 Å². The predicted octanol–water partition coefficient (Wildman–Crippen LogP) is -0.445. The molecule has 10 nitrogen and oxygen atoms in total. The fourth-order valence-corrected chi connectivity index (χ4v) is 3.09. The number of carbonyl (C=O) groups excluding carboxylic acids is 4. The van der Waals surface area contributed by atoms with Gasteiger partial charge in [0.2, 0.25) is 12.7 Å². The van der Waals surface area contributed by atoms with Gasteiger partial charge in [-0.2, -0.15) is 0 Å². The molecular formula is C18H21N3O7. The van der Waals surface area contributed by atoms with E-state index in [0.29, 0.717) is 30.0 Å². The Morgan fingerprint density at radius 3 is 2.75 bits per heavy atom. The van der Waals surface area contributed by atoms with E-state index >= 15 is 0 Å². The van der Waals surface area contributed by atoms with Gasteiger partial charge in [-0.15, -0.1) is 0 Å². The van der Waals surface area contributed by atoms with Gasteiger partial charge in [0.1, 0.15) is 12.6 Å². The Bertz CT molecular complexity index is 795. The average molecular weight is 391 g/mol. The third-order valence-corrected chi connectivity index (χ3v) is 4.54. The summed E-state index contributed by atoms with van der Waals surface area (Å²) in [5.74, 6) is -1.33. The Balaban J connectivity index is 1.44. The number of fused-ring (bicyclic) bond motifs is 1. The molecule has 1 aromatic rings. The molecule has 150 valence electrons. The van der Waals surface area contributed by atoms with Gasteiger partial charge in [-0.25, -0.2) is 0 Å². The van der Waals surface area contributed by atoms with Crippen LogP contribution in [-0.2, 0) is 19.1 Å². The van der Waals surface area contributed by atoms with Crippen LogP contribution in [0.25, 0.3) is 0 Å². The van der Waals surface area contributed by atoms with E-state index in [1.807, 2.05) is 0 Å². The van der Waals surface area contributed by atoms with Crippen LogP contribution in [0.15, 0.2) is 18.2 Å². The number of nitrogens with zero attached hydrogens (tertiary/aromatic N) is 1. The maximum Gasteiger partial charge on any atom is 0.325 e. The second-order valence-electron chi connectivity index (χ2n) is 6.41. The minimum absolute atomic E-state index is 0.0917. The van der Waals surface area contributed by atoms with Crippen molar-refractivity contribution in [2.24, 2.45) is 5.73 Å². The van der Waals surface area contributed by atoms with E-state index in [1.165, 1.54) is 17.0 Å². The SMILES string of the molecule is NC(=O)[C@@H]1CCCCN1C(=O)COC(=O)CNC(=O)c1ccc2c(c1)OCO2. The van der Waals surface area contributed by atoms with Crippen molar-refractivity contribution >= 4 is 23.7 Å². The number of amides is 3. The van der Waals surface area contributed by atoms with E-state index in [4.69, 9.17) is 19.9 Å². The lowest BCUT2D eigenvalue weighted by molar-refractivity contribution is -0.154. The van der Waals surface area contributed by atoms with Crippen LogP contribution in [0.4, 0.5) is 0 Å². The summed E-state index contributed by atoms with van der Waals surface area (Å²) in [5, 5.41) is 2.41. The van der Waals surface area contributed by atoms with E-state index in [-0.39, 0.29) is 6.79 Å². The van der Waals surface area contributed by atoms with Gasteiger partial charge in [0, 0.05) is 12.1 Å². The molecule has 0 saturated carbocycles. The lowest BCUT2D eigenvalue weighted by atomic mass is 10.0. The zero-order valence-corrected chi connectivity index (χ0v) is 15.1. The van der Waals surface area contributed by atoms with Gasteiger partial charge in [-0.1, -0.05) is 0 Å². The molecule has 28 heavy (non-hydrogen) atoms. The molecule has 1 aromatic carbocycles. The number of esters is 1. The molecule has 1 fully saturated rings. The van der Waals surface area contributed by atoms with Crippen LogP contribution in [0.1, 0.15) is 29.6 Å². The summed E-state index contributed by atoms with van der Waals surface area (Å²) in [7, 11) is 0. The van der Waals surface area contributed by atoms with E-state index < -0.39 is 42.9 Å². The molecule has 0 radical (unpaired) electrons. The number of hydrogen-bond acceptors (Lipinski definition) is 7. The van der Waals surface area contributed by atoms with E-state index in [2.05, 4.69) is 5.32 Å². The maximum atomic E-state index is 12.2. The highest BCUT2D eigenvalue weighted by atomic mass is 16.7. The second-order valence-corrected chi connectivity index (χ2v) is 6.41. The standard InChI is InChI=1S/C18H21N3O7/c19-17(24)12-3-1-2-6-21(12)15(22)9-26-16(23)8-20-18(25)11-4-5-13-14(7-11)28-10-27-13/h4-5,7,12H,1-3,6,8-10H2,(H2,19,24)(H,20,25)/t12-/m0/s1. The smallest absolute Gasteiger partial charge is 0.325 e. The van der Waals surface area contributed by atoms with Crippen molar-refractivity contribution in [2.45, 2.75) is 25.3 Å². The molecule has 0 aromatic heterocycles. The van der Waals surface area contributed by atoms with Crippen molar-refractivity contribution in [1.82, 2.24) is 10.2 Å². The third-order valence-electron chi connectivity index (χ3n) is 4.54. The van der Waals surface area contributed by atoms with Gasteiger partial charge in [-0.3, -0.25) is 19.2 Å². The highest BCUT2D eigenvalue weighted by Crippen LogP contribution is 2.32. The fourth-order valence-electron chi connectivity index (χ4n) is 3.09. The Hall–Kier alpha value is -3.30. The largest absolute Gasteiger partial charge is 0.454 e. The Kier molecular flexibility index (Phi) is 5.97. The lowest BCUT2D eigenvalue weighted by Crippen LogP contribution is -2.51. The molecule has 0 aliphatic carbocycles. The molecule has 10 heteroatoms. The van der Waals surface area contributed by atoms with Crippen molar-refractivity contribution in [3.05, 3.63) is 23.8 Å². The lowest BCUT2D eigenvalue weighted by Gasteiger charge is -2.33. The number of rotatable bonds is 6. The number of ether oxygens (including phenoxy) is 3. The Morgan fingerprint density at radius 1 is 1.18 bits per heavy atom. The summed E-state index contributed by atoms with van der Waals surface area (Å²) in [6, 6.07) is 3.97. The minimum atomic E-state index is -0.768. The molecule has 0 bridgehead atoms. The number of likely N-dealkylation sites (tertiary alicyclic amines) is 1. The van der Waals surface area contributed by atoms with Crippen molar-refractivity contribution in [1.29, 1.82) is 0 Å². The number of benzene rings is 1. The molecule has 2 aliphatic heterocycles. The quantitative estimate of drug-likeness (QED) is 0.627. The zero-order chi connectivity index (χ0) is 20.1. The van der Waals surface area contributed by atoms with E-state index in [0.717, 1.165) is 12.8 Å². The number of nitrogens with two attached hydrogens (primary N) is 1. The first kappa shape index (κ1) is 19.5. The number of carbonyl (C=O) groups is 4. The van der Waals surface area contributed by atoms with Crippen molar-refractivity contribution in [2.75, 3.05) is 26.5 Å². The molecule has 1 saturated heterocycles. The molecule has 2 aliphatic rings. The topological polar surface area (TPSA) is 137 Å². The molecule has 3 N–H and O–H groups in total. The summed E-state index contributed by atoms with van der Waals surface area (Å²) in [6.07, 6.45) is 2.07. The van der Waals surface area contributed by atoms with Crippen LogP contribution in [0, 0.1) is 0 Å². The van der Waals surface area contributed by atoms with Crippen LogP contribution in [0.5, 0.6) is 11.5 Å². The van der Waals surface area contributed by atoms with Gasteiger partial charge in [0.05, 0.1) is 0 Å². The van der Waals surface area contributed by atoms with E-state index in [9.17, 15) is 19.2 Å². The highest BCUT2D eigenvalue weighted by Gasteiger charge is 2.31. The molecule has 0 unspecified atom stereocenters. The second kappa shape index (κ2) is 8.59. The highest BCUT2D eigenvalue weighted by molar-refractivity contribution is 5.96. The average Bonchev–Trinajstić information content (AvgIpc) is 3.17. The predicted molar refractivity (Wildman–Crippen MR) is 94.4 cm³/mol. The fraction of sp³-hybridized carbons (Fsp3) is 0.444. The summed E-state index contributed by atoms with van der Waals surface area (Å²) in [4.78, 5) is 48.9. The number of piperidine rings is 1. The van der Waals surface area contributed by atoms with Crippen molar-refractivity contribution in [3.63, 3.8) is 0 Å². The summed E-state index contributed by atoms with van der Waals surface area (Å²) in [6.45, 7) is -0.429. The Labute approximate surface area is 160 Å². The number of hydrogen-bond donors (Lipinski definition) is 2. The maximum absolute atomic E-state index is 12.2. The normalized spacial score (nSPS) is 17.7. The van der Waals surface area contributed by atoms with Gasteiger partial charge >= 0.3 is 5.97 Å². The molecular weight excluding hydrogens is 370 g/mol. The van der Waals surface area contributed by atoms with Crippen molar-refractivity contribution in [3.8, 4) is 11.5 Å².